The number of aliphatic carboxylic acids is 1. The van der Waals surface area contributed by atoms with E-state index in [2.05, 4.69) is 29.6 Å². The van der Waals surface area contributed by atoms with Crippen LogP contribution < -0.4 is 5.32 Å². The van der Waals surface area contributed by atoms with Crippen molar-refractivity contribution in [3.8, 4) is 11.1 Å². The van der Waals surface area contributed by atoms with Gasteiger partial charge < -0.3 is 20.1 Å². The molecule has 4 unspecified atom stereocenters. The molecule has 6 rings (SSSR count). The van der Waals surface area contributed by atoms with Crippen LogP contribution in [-0.4, -0.2) is 72.2 Å². The zero-order chi connectivity index (χ0) is 28.5. The number of hydrogen-bond donors (Lipinski definition) is 2. The number of nitrogens with one attached hydrogen (secondary N) is 1. The van der Waals surface area contributed by atoms with Crippen LogP contribution in [0.15, 0.2) is 78.9 Å². The summed E-state index contributed by atoms with van der Waals surface area (Å²) in [6.45, 7) is 1.98. The predicted molar refractivity (Wildman–Crippen MR) is 154 cm³/mol. The van der Waals surface area contributed by atoms with Crippen LogP contribution in [0.5, 0.6) is 0 Å². The van der Waals surface area contributed by atoms with Crippen LogP contribution >= 0.6 is 0 Å². The van der Waals surface area contributed by atoms with Crippen LogP contribution in [0.3, 0.4) is 0 Å². The lowest BCUT2D eigenvalue weighted by Gasteiger charge is -2.32. The molecule has 1 aliphatic heterocycles. The highest BCUT2D eigenvalue weighted by Gasteiger charge is 2.57. The van der Waals surface area contributed by atoms with Gasteiger partial charge in [0.05, 0.1) is 5.92 Å². The molecule has 8 heteroatoms. The number of piperidine rings is 1. The molecule has 3 aromatic rings. The van der Waals surface area contributed by atoms with Gasteiger partial charge in [0.15, 0.2) is 0 Å². The molecule has 212 valence electrons. The molecule has 3 aliphatic rings. The van der Waals surface area contributed by atoms with Gasteiger partial charge in [-0.2, -0.15) is 0 Å². The van der Waals surface area contributed by atoms with Crippen LogP contribution in [0.2, 0.25) is 0 Å². The van der Waals surface area contributed by atoms with Gasteiger partial charge in [-0.05, 0) is 53.1 Å². The van der Waals surface area contributed by atoms with Gasteiger partial charge in [0.1, 0.15) is 12.6 Å². The summed E-state index contributed by atoms with van der Waals surface area (Å²) in [6, 6.07) is 25.4. The molecule has 2 amide bonds. The maximum absolute atomic E-state index is 13.7. The van der Waals surface area contributed by atoms with Crippen LogP contribution in [0.4, 0.5) is 4.79 Å². The first-order chi connectivity index (χ1) is 19.9. The Hall–Kier alpha value is -4.17. The van der Waals surface area contributed by atoms with Gasteiger partial charge in [-0.15, -0.1) is 0 Å². The van der Waals surface area contributed by atoms with Crippen molar-refractivity contribution < 1.29 is 24.2 Å². The summed E-state index contributed by atoms with van der Waals surface area (Å²) in [5.41, 5.74) is 5.64. The van der Waals surface area contributed by atoms with E-state index in [9.17, 15) is 19.5 Å². The molecule has 2 N–H and O–H groups in total. The Morgan fingerprint density at radius 1 is 0.951 bits per heavy atom. The number of carbonyl (C=O) groups excluding carboxylic acids is 2. The largest absolute Gasteiger partial charge is 0.481 e. The fraction of sp³-hybridized carbons (Fsp3) is 0.364. The second-order valence-corrected chi connectivity index (χ2v) is 11.5. The number of carboxylic acid groups (broad SMARTS) is 1. The van der Waals surface area contributed by atoms with Gasteiger partial charge >= 0.3 is 12.1 Å². The van der Waals surface area contributed by atoms with Crippen LogP contribution in [0, 0.1) is 17.8 Å². The molecule has 0 aromatic heterocycles. The maximum Gasteiger partial charge on any atom is 0.407 e. The Labute approximate surface area is 239 Å². The minimum atomic E-state index is -0.821. The summed E-state index contributed by atoms with van der Waals surface area (Å²) in [7, 11) is 1.92. The molecule has 0 radical (unpaired) electrons. The van der Waals surface area contributed by atoms with Gasteiger partial charge in [-0.1, -0.05) is 78.9 Å². The molecule has 2 aliphatic carbocycles. The third kappa shape index (κ3) is 5.57. The Morgan fingerprint density at radius 2 is 1.59 bits per heavy atom. The topological polar surface area (TPSA) is 99.2 Å². The number of hydrogen-bond acceptors (Lipinski definition) is 5. The first-order valence-electron chi connectivity index (χ1n) is 14.3. The number of carboxylic acids is 1. The molecule has 1 heterocycles. The van der Waals surface area contributed by atoms with Crippen LogP contribution in [-0.2, 0) is 20.9 Å². The number of likely N-dealkylation sites (N-methyl/N-ethyl adjacent to an activating group) is 1. The number of fused-ring (bicyclic) bond motifs is 4. The fourth-order valence-corrected chi connectivity index (χ4v) is 6.76. The molecule has 2 fully saturated rings. The van der Waals surface area contributed by atoms with Crippen molar-refractivity contribution in [2.24, 2.45) is 17.8 Å². The molecule has 1 saturated carbocycles. The summed E-state index contributed by atoms with van der Waals surface area (Å²) in [5, 5.41) is 12.3. The highest BCUT2D eigenvalue weighted by atomic mass is 16.5. The van der Waals surface area contributed by atoms with Crippen molar-refractivity contribution in [2.45, 2.75) is 24.9 Å². The highest BCUT2D eigenvalue weighted by molar-refractivity contribution is 5.86. The molecular formula is C33H35N3O5. The lowest BCUT2D eigenvalue weighted by atomic mass is 9.98. The number of amides is 2. The average Bonchev–Trinajstić information content (AvgIpc) is 3.63. The van der Waals surface area contributed by atoms with E-state index in [4.69, 9.17) is 4.74 Å². The SMILES string of the molecule is CN(Cc1ccccc1)CC(NC(=O)OCC1c2ccccc2-c2ccccc21)C(=O)N1CCC2C(C1)C2C(=O)O. The highest BCUT2D eigenvalue weighted by Crippen LogP contribution is 2.51. The smallest absolute Gasteiger partial charge is 0.407 e. The van der Waals surface area contributed by atoms with Crippen molar-refractivity contribution in [1.82, 2.24) is 15.1 Å². The number of rotatable bonds is 9. The number of likely N-dealkylation sites (tertiary alicyclic amines) is 1. The third-order valence-corrected chi connectivity index (χ3v) is 8.82. The van der Waals surface area contributed by atoms with Crippen molar-refractivity contribution in [2.75, 3.05) is 33.3 Å². The first kappa shape index (κ1) is 27.0. The predicted octanol–water partition coefficient (Wildman–Crippen LogP) is 4.20. The lowest BCUT2D eigenvalue weighted by Crippen LogP contribution is -2.54. The second kappa shape index (κ2) is 11.4. The number of carbonyl (C=O) groups is 3. The van der Waals surface area contributed by atoms with Crippen LogP contribution in [0.1, 0.15) is 29.0 Å². The lowest BCUT2D eigenvalue weighted by molar-refractivity contribution is -0.139. The Bertz CT molecular complexity index is 1400. The van der Waals surface area contributed by atoms with Crippen molar-refractivity contribution in [3.05, 3.63) is 95.6 Å². The number of benzene rings is 3. The number of alkyl carbamates (subject to hydrolysis) is 1. The zero-order valence-electron chi connectivity index (χ0n) is 23.1. The van der Waals surface area contributed by atoms with Gasteiger partial charge in [0.25, 0.3) is 0 Å². The molecule has 3 aromatic carbocycles. The van der Waals surface area contributed by atoms with E-state index in [1.807, 2.05) is 66.5 Å². The van der Waals surface area contributed by atoms with Crippen molar-refractivity contribution in [3.63, 3.8) is 0 Å². The molecule has 8 nitrogen and oxygen atoms in total. The molecular weight excluding hydrogens is 518 g/mol. The van der Waals surface area contributed by atoms with E-state index < -0.39 is 18.1 Å². The Morgan fingerprint density at radius 3 is 2.24 bits per heavy atom. The molecule has 4 atom stereocenters. The number of nitrogens with zero attached hydrogens (tertiary/aromatic N) is 2. The minimum absolute atomic E-state index is 0.0117. The quantitative estimate of drug-likeness (QED) is 0.412. The summed E-state index contributed by atoms with van der Waals surface area (Å²) >= 11 is 0. The maximum atomic E-state index is 13.7. The minimum Gasteiger partial charge on any atom is -0.481 e. The normalized spacial score (nSPS) is 21.4. The average molecular weight is 554 g/mol. The summed E-state index contributed by atoms with van der Waals surface area (Å²) in [6.07, 6.45) is 0.0354. The Kier molecular flexibility index (Phi) is 7.49. The fourth-order valence-electron chi connectivity index (χ4n) is 6.76. The summed E-state index contributed by atoms with van der Waals surface area (Å²) in [4.78, 5) is 42.2. The van der Waals surface area contributed by atoms with E-state index in [1.165, 1.54) is 0 Å². The van der Waals surface area contributed by atoms with Gasteiger partial charge in [0.2, 0.25) is 5.91 Å². The molecule has 0 spiro atoms. The second-order valence-electron chi connectivity index (χ2n) is 11.5. The standard InChI is InChI=1S/C33H35N3O5/c1-35(17-21-9-3-2-4-10-21)19-29(31(37)36-16-15-26-27(18-36)30(26)32(38)39)34-33(40)41-20-28-24-13-7-5-11-22(24)23-12-6-8-14-25(23)28/h2-14,26-30H,15-20H2,1H3,(H,34,40)(H,38,39). The molecule has 41 heavy (non-hydrogen) atoms. The van der Waals surface area contributed by atoms with E-state index >= 15 is 0 Å². The van der Waals surface area contributed by atoms with Gasteiger partial charge in [-0.3, -0.25) is 14.5 Å². The van der Waals surface area contributed by atoms with E-state index in [-0.39, 0.29) is 36.2 Å². The van der Waals surface area contributed by atoms with Gasteiger partial charge in [0, 0.05) is 32.1 Å². The van der Waals surface area contributed by atoms with Crippen molar-refractivity contribution >= 4 is 18.0 Å². The van der Waals surface area contributed by atoms with E-state index in [0.717, 1.165) is 27.8 Å². The monoisotopic (exact) mass is 553 g/mol. The Balaban J connectivity index is 1.14. The third-order valence-electron chi connectivity index (χ3n) is 8.82. The van der Waals surface area contributed by atoms with E-state index in [0.29, 0.717) is 32.6 Å². The summed E-state index contributed by atoms with van der Waals surface area (Å²) in [5.74, 6) is -1.31. The summed E-state index contributed by atoms with van der Waals surface area (Å²) < 4.78 is 5.77. The molecule has 1 saturated heterocycles. The molecule has 0 bridgehead atoms. The first-order valence-corrected chi connectivity index (χ1v) is 14.3. The van der Waals surface area contributed by atoms with Crippen molar-refractivity contribution in [1.29, 1.82) is 0 Å². The zero-order valence-corrected chi connectivity index (χ0v) is 23.1. The van der Waals surface area contributed by atoms with Crippen LogP contribution in [0.25, 0.3) is 11.1 Å². The number of ether oxygens (including phenoxy) is 1. The van der Waals surface area contributed by atoms with Gasteiger partial charge in [-0.25, -0.2) is 4.79 Å². The van der Waals surface area contributed by atoms with E-state index in [1.54, 1.807) is 4.90 Å².